The molecule has 0 rings (SSSR count). The van der Waals surface area contributed by atoms with Crippen molar-refractivity contribution in [3.05, 3.63) is 10.6 Å². The van der Waals surface area contributed by atoms with E-state index in [0.29, 0.717) is 5.03 Å². The summed E-state index contributed by atoms with van der Waals surface area (Å²) in [4.78, 5) is 11.3. The largest absolute Gasteiger partial charge is 0.465 e. The summed E-state index contributed by atoms with van der Waals surface area (Å²) in [5.41, 5.74) is -0.186. The molecule has 0 saturated carbocycles. The van der Waals surface area contributed by atoms with Gasteiger partial charge >= 0.3 is 5.97 Å². The summed E-state index contributed by atoms with van der Waals surface area (Å²) in [5.74, 6) is -0.612. The van der Waals surface area contributed by atoms with E-state index in [1.54, 1.807) is 6.26 Å². The van der Waals surface area contributed by atoms with Crippen LogP contribution in [0, 0.1) is 11.3 Å². The lowest BCUT2D eigenvalue weighted by molar-refractivity contribution is -0.135. The Morgan fingerprint density at radius 1 is 1.47 bits per heavy atom. The molecule has 1 N–H and O–H groups in total. The maximum absolute atomic E-state index is 11.3. The third-order valence-electron chi connectivity index (χ3n) is 1.42. The minimum Gasteiger partial charge on any atom is -0.465 e. The zero-order valence-electron chi connectivity index (χ0n) is 9.67. The Morgan fingerprint density at radius 2 is 2.00 bits per heavy atom. The van der Waals surface area contributed by atoms with E-state index in [-0.39, 0.29) is 11.1 Å². The molecular weight excluding hydrogens is 212 g/mol. The summed E-state index contributed by atoms with van der Waals surface area (Å²) in [6.45, 7) is 5.86. The third kappa shape index (κ3) is 4.75. The molecule has 0 atom stereocenters. The van der Waals surface area contributed by atoms with Crippen LogP contribution in [0.5, 0.6) is 0 Å². The van der Waals surface area contributed by atoms with Gasteiger partial charge in [0, 0.05) is 5.54 Å². The molecule has 0 spiro atoms. The average Bonchev–Trinajstić information content (AvgIpc) is 2.15. The van der Waals surface area contributed by atoms with E-state index in [1.807, 2.05) is 26.8 Å². The number of ether oxygens (including phenoxy) is 1. The molecule has 0 fully saturated rings. The Bertz CT molecular complexity index is 310. The fourth-order valence-electron chi connectivity index (χ4n) is 0.847. The van der Waals surface area contributed by atoms with Gasteiger partial charge in [-0.1, -0.05) is 0 Å². The van der Waals surface area contributed by atoms with Gasteiger partial charge in [-0.3, -0.25) is 0 Å². The Balaban J connectivity index is 5.11. The van der Waals surface area contributed by atoms with Gasteiger partial charge in [0.25, 0.3) is 0 Å². The Morgan fingerprint density at radius 3 is 2.27 bits per heavy atom. The number of carbonyl (C=O) groups is 1. The zero-order valence-corrected chi connectivity index (χ0v) is 10.5. The van der Waals surface area contributed by atoms with E-state index in [9.17, 15) is 4.79 Å². The van der Waals surface area contributed by atoms with Gasteiger partial charge in [-0.25, -0.2) is 4.79 Å². The normalized spacial score (nSPS) is 12.5. The molecule has 0 aromatic heterocycles. The maximum Gasteiger partial charge on any atom is 0.351 e. The molecule has 0 aromatic carbocycles. The summed E-state index contributed by atoms with van der Waals surface area (Å²) in [6, 6.07) is 1.85. The fraction of sp³-hybridized carbons (Fsp3) is 0.600. The van der Waals surface area contributed by atoms with Crippen LogP contribution >= 0.6 is 11.8 Å². The van der Waals surface area contributed by atoms with Crippen LogP contribution in [0.3, 0.4) is 0 Å². The third-order valence-corrected chi connectivity index (χ3v) is 2.14. The van der Waals surface area contributed by atoms with Crippen LogP contribution in [0.1, 0.15) is 20.8 Å². The lowest BCUT2D eigenvalue weighted by Gasteiger charge is -2.23. The van der Waals surface area contributed by atoms with Gasteiger partial charge in [0.15, 0.2) is 5.57 Å². The molecule has 0 heterocycles. The van der Waals surface area contributed by atoms with E-state index < -0.39 is 5.97 Å². The summed E-state index contributed by atoms with van der Waals surface area (Å²) >= 11 is 1.32. The van der Waals surface area contributed by atoms with Crippen molar-refractivity contribution in [1.82, 2.24) is 5.32 Å². The second kappa shape index (κ2) is 5.66. The van der Waals surface area contributed by atoms with Crippen LogP contribution < -0.4 is 5.32 Å². The molecule has 0 unspecified atom stereocenters. The van der Waals surface area contributed by atoms with Crippen LogP contribution in [0.25, 0.3) is 0 Å². The van der Waals surface area contributed by atoms with Crippen LogP contribution in [0.15, 0.2) is 10.6 Å². The first-order valence-corrected chi connectivity index (χ1v) is 5.63. The predicted octanol–water partition coefficient (Wildman–Crippen LogP) is 1.65. The van der Waals surface area contributed by atoms with Gasteiger partial charge in [-0.15, -0.1) is 11.8 Å². The number of esters is 1. The summed E-state index contributed by atoms with van der Waals surface area (Å²) in [6.07, 6.45) is 1.80. The monoisotopic (exact) mass is 228 g/mol. The van der Waals surface area contributed by atoms with Crippen molar-refractivity contribution < 1.29 is 9.53 Å². The average molecular weight is 228 g/mol. The number of thioether (sulfide) groups is 1. The first-order valence-electron chi connectivity index (χ1n) is 4.40. The van der Waals surface area contributed by atoms with E-state index in [0.717, 1.165) is 0 Å². The Kier molecular flexibility index (Phi) is 5.23. The highest BCUT2D eigenvalue weighted by molar-refractivity contribution is 8.02. The zero-order chi connectivity index (χ0) is 12.1. The van der Waals surface area contributed by atoms with Gasteiger partial charge in [0.05, 0.1) is 12.1 Å². The maximum atomic E-state index is 11.3. The first-order chi connectivity index (χ1) is 6.85. The molecule has 15 heavy (non-hydrogen) atoms. The second-order valence-corrected chi connectivity index (χ2v) is 4.70. The topological polar surface area (TPSA) is 62.1 Å². The van der Waals surface area contributed by atoms with Crippen molar-refractivity contribution in [3.8, 4) is 6.07 Å². The van der Waals surface area contributed by atoms with Crippen LogP contribution in [0.2, 0.25) is 0 Å². The lowest BCUT2D eigenvalue weighted by Crippen LogP contribution is -2.35. The standard InChI is InChI=1S/C10H16N2O2S/c1-10(2,3)12-8(15-5)7(6-11)9(13)14-4/h12H,1-5H3/b8-7+. The molecule has 5 heteroatoms. The van der Waals surface area contributed by atoms with Crippen molar-refractivity contribution in [2.45, 2.75) is 26.3 Å². The molecule has 0 bridgehead atoms. The quantitative estimate of drug-likeness (QED) is 0.452. The van der Waals surface area contributed by atoms with Crippen molar-refractivity contribution in [2.24, 2.45) is 0 Å². The van der Waals surface area contributed by atoms with E-state index in [1.165, 1.54) is 18.9 Å². The van der Waals surface area contributed by atoms with Crippen LogP contribution in [-0.2, 0) is 9.53 Å². The van der Waals surface area contributed by atoms with Crippen LogP contribution in [-0.4, -0.2) is 24.9 Å². The number of nitriles is 1. The molecule has 0 radical (unpaired) electrons. The molecular formula is C10H16N2O2S. The van der Waals surface area contributed by atoms with Gasteiger partial charge in [0.1, 0.15) is 6.07 Å². The van der Waals surface area contributed by atoms with Crippen molar-refractivity contribution in [1.29, 1.82) is 5.26 Å². The number of hydrogen-bond donors (Lipinski definition) is 1. The SMILES string of the molecule is COC(=O)/C(C#N)=C(\NC(C)(C)C)SC. The number of carbonyl (C=O) groups excluding carboxylic acids is 1. The molecule has 0 aliphatic rings. The predicted molar refractivity (Wildman–Crippen MR) is 61.1 cm³/mol. The minimum absolute atomic E-state index is 0.0138. The number of nitrogens with one attached hydrogen (secondary N) is 1. The smallest absolute Gasteiger partial charge is 0.351 e. The molecule has 0 aliphatic carbocycles. The summed E-state index contributed by atoms with van der Waals surface area (Å²) in [5, 5.41) is 12.5. The van der Waals surface area contributed by atoms with Crippen molar-refractivity contribution in [3.63, 3.8) is 0 Å². The molecule has 0 aromatic rings. The molecule has 4 nitrogen and oxygen atoms in total. The number of hydrogen-bond acceptors (Lipinski definition) is 5. The van der Waals surface area contributed by atoms with Gasteiger partial charge in [0.2, 0.25) is 0 Å². The minimum atomic E-state index is -0.612. The Labute approximate surface area is 94.7 Å². The van der Waals surface area contributed by atoms with E-state index in [2.05, 4.69) is 10.1 Å². The fourth-order valence-corrected chi connectivity index (χ4v) is 1.59. The summed E-state index contributed by atoms with van der Waals surface area (Å²) in [7, 11) is 1.26. The van der Waals surface area contributed by atoms with Crippen molar-refractivity contribution in [2.75, 3.05) is 13.4 Å². The van der Waals surface area contributed by atoms with E-state index in [4.69, 9.17) is 5.26 Å². The highest BCUT2D eigenvalue weighted by Crippen LogP contribution is 2.18. The first kappa shape index (κ1) is 13.8. The molecule has 84 valence electrons. The number of rotatable bonds is 3. The van der Waals surface area contributed by atoms with Gasteiger partial charge < -0.3 is 10.1 Å². The molecule has 0 amide bonds. The summed E-state index contributed by atoms with van der Waals surface area (Å²) < 4.78 is 4.53. The second-order valence-electron chi connectivity index (χ2n) is 3.89. The number of methoxy groups -OCH3 is 1. The van der Waals surface area contributed by atoms with Crippen LogP contribution in [0.4, 0.5) is 0 Å². The van der Waals surface area contributed by atoms with Gasteiger partial charge in [-0.05, 0) is 27.0 Å². The molecule has 0 saturated heterocycles. The Hall–Kier alpha value is -1.15. The number of nitrogens with zero attached hydrogens (tertiary/aromatic N) is 1. The molecule has 0 aliphatic heterocycles. The highest BCUT2D eigenvalue weighted by Gasteiger charge is 2.19. The highest BCUT2D eigenvalue weighted by atomic mass is 32.2. The van der Waals surface area contributed by atoms with E-state index >= 15 is 0 Å². The van der Waals surface area contributed by atoms with Crippen molar-refractivity contribution >= 4 is 17.7 Å². The lowest BCUT2D eigenvalue weighted by atomic mass is 10.1. The van der Waals surface area contributed by atoms with Gasteiger partial charge in [-0.2, -0.15) is 5.26 Å².